The van der Waals surface area contributed by atoms with Gasteiger partial charge in [0.2, 0.25) is 11.8 Å². The van der Waals surface area contributed by atoms with E-state index < -0.39 is 5.41 Å². The van der Waals surface area contributed by atoms with Crippen LogP contribution in [-0.4, -0.2) is 51.4 Å². The van der Waals surface area contributed by atoms with E-state index in [1.54, 1.807) is 6.20 Å². The number of aromatic nitrogens is 2. The molecule has 0 aromatic carbocycles. The minimum Gasteiger partial charge on any atom is -0.361 e. The number of pyridine rings is 1. The van der Waals surface area contributed by atoms with Crippen LogP contribution in [0, 0.1) is 19.3 Å². The number of hydrogen-bond acceptors (Lipinski definition) is 5. The van der Waals surface area contributed by atoms with Crippen LogP contribution in [0.1, 0.15) is 42.0 Å². The molecule has 2 fully saturated rings. The maximum atomic E-state index is 13.1. The molecule has 4 heterocycles. The van der Waals surface area contributed by atoms with Crippen molar-refractivity contribution in [3.63, 3.8) is 0 Å². The summed E-state index contributed by atoms with van der Waals surface area (Å²) in [7, 11) is 0. The zero-order valence-corrected chi connectivity index (χ0v) is 16.5. The van der Waals surface area contributed by atoms with Gasteiger partial charge in [0.25, 0.3) is 0 Å². The van der Waals surface area contributed by atoms with Crippen LogP contribution in [0.5, 0.6) is 0 Å². The molecule has 2 saturated heterocycles. The topological polar surface area (TPSA) is 79.5 Å². The number of likely N-dealkylation sites (tertiary alicyclic amines) is 2. The lowest BCUT2D eigenvalue weighted by atomic mass is 9.85. The molecule has 0 bridgehead atoms. The summed E-state index contributed by atoms with van der Waals surface area (Å²) < 4.78 is 5.17. The van der Waals surface area contributed by atoms with Crippen molar-refractivity contribution in [2.24, 2.45) is 5.41 Å². The lowest BCUT2D eigenvalue weighted by Gasteiger charge is -2.23. The first kappa shape index (κ1) is 18.7. The summed E-state index contributed by atoms with van der Waals surface area (Å²) >= 11 is 0. The predicted octanol–water partition coefficient (Wildman–Crippen LogP) is 2.27. The summed E-state index contributed by atoms with van der Waals surface area (Å²) in [5.74, 6) is 1.05. The highest BCUT2D eigenvalue weighted by atomic mass is 16.5. The fourth-order valence-corrected chi connectivity index (χ4v) is 4.44. The molecule has 28 heavy (non-hydrogen) atoms. The van der Waals surface area contributed by atoms with E-state index in [1.807, 2.05) is 41.8 Å². The third-order valence-corrected chi connectivity index (χ3v) is 6.16. The molecule has 148 valence electrons. The first-order chi connectivity index (χ1) is 13.5. The van der Waals surface area contributed by atoms with Crippen molar-refractivity contribution < 1.29 is 14.1 Å². The lowest BCUT2D eigenvalue weighted by molar-refractivity contribution is -0.137. The van der Waals surface area contributed by atoms with Gasteiger partial charge in [0.15, 0.2) is 0 Å². The molecule has 0 N–H and O–H groups in total. The Morgan fingerprint density at radius 1 is 1.25 bits per heavy atom. The minimum atomic E-state index is -0.409. The summed E-state index contributed by atoms with van der Waals surface area (Å²) in [6.07, 6.45) is 4.36. The van der Waals surface area contributed by atoms with Crippen LogP contribution in [-0.2, 0) is 22.6 Å². The Morgan fingerprint density at radius 2 is 2.07 bits per heavy atom. The molecule has 0 aliphatic carbocycles. The van der Waals surface area contributed by atoms with Crippen molar-refractivity contribution in [1.29, 1.82) is 0 Å². The highest BCUT2D eigenvalue weighted by molar-refractivity contribution is 5.87. The van der Waals surface area contributed by atoms with Gasteiger partial charge in [0.1, 0.15) is 5.76 Å². The Labute approximate surface area is 164 Å². The Morgan fingerprint density at radius 3 is 2.79 bits per heavy atom. The van der Waals surface area contributed by atoms with Crippen LogP contribution < -0.4 is 0 Å². The SMILES string of the molecule is Cc1noc(C)c1CCC(=O)N1CCC2(CCN(Cc3ccccn3)C2=O)C1. The van der Waals surface area contributed by atoms with Crippen LogP contribution >= 0.6 is 0 Å². The third kappa shape index (κ3) is 3.41. The van der Waals surface area contributed by atoms with Gasteiger partial charge in [-0.3, -0.25) is 14.6 Å². The molecule has 4 rings (SSSR count). The Hall–Kier alpha value is -2.70. The Bertz CT molecular complexity index is 860. The zero-order chi connectivity index (χ0) is 19.7. The number of hydrogen-bond donors (Lipinski definition) is 0. The zero-order valence-electron chi connectivity index (χ0n) is 16.5. The number of carbonyl (C=O) groups excluding carboxylic acids is 2. The number of rotatable bonds is 5. The van der Waals surface area contributed by atoms with Crippen LogP contribution in [0.25, 0.3) is 0 Å². The molecule has 2 amide bonds. The molecule has 0 saturated carbocycles. The fraction of sp³-hybridized carbons (Fsp3) is 0.524. The summed E-state index contributed by atoms with van der Waals surface area (Å²) in [6, 6.07) is 5.75. The van der Waals surface area contributed by atoms with E-state index in [0.29, 0.717) is 32.5 Å². The van der Waals surface area contributed by atoms with Gasteiger partial charge in [0, 0.05) is 37.8 Å². The summed E-state index contributed by atoms with van der Waals surface area (Å²) in [4.78, 5) is 33.9. The molecular weight excluding hydrogens is 356 g/mol. The van der Waals surface area contributed by atoms with Gasteiger partial charge in [0.05, 0.1) is 23.3 Å². The average Bonchev–Trinajstić information content (AvgIpc) is 3.36. The largest absolute Gasteiger partial charge is 0.361 e. The third-order valence-electron chi connectivity index (χ3n) is 6.16. The predicted molar refractivity (Wildman–Crippen MR) is 102 cm³/mol. The van der Waals surface area contributed by atoms with E-state index in [4.69, 9.17) is 4.52 Å². The molecule has 2 aliphatic heterocycles. The summed E-state index contributed by atoms with van der Waals surface area (Å²) in [5.41, 5.74) is 2.35. The first-order valence-corrected chi connectivity index (χ1v) is 9.87. The maximum Gasteiger partial charge on any atom is 0.231 e. The van der Waals surface area contributed by atoms with Gasteiger partial charge in [-0.25, -0.2) is 0 Å². The van der Waals surface area contributed by atoms with Crippen molar-refractivity contribution in [1.82, 2.24) is 19.9 Å². The van der Waals surface area contributed by atoms with E-state index in [9.17, 15) is 9.59 Å². The van der Waals surface area contributed by atoms with Gasteiger partial charge >= 0.3 is 0 Å². The molecule has 7 nitrogen and oxygen atoms in total. The van der Waals surface area contributed by atoms with Crippen molar-refractivity contribution in [3.8, 4) is 0 Å². The van der Waals surface area contributed by atoms with Gasteiger partial charge in [-0.05, 0) is 45.2 Å². The molecule has 7 heteroatoms. The van der Waals surface area contributed by atoms with Crippen molar-refractivity contribution in [2.45, 2.75) is 46.1 Å². The molecule has 2 aromatic heterocycles. The van der Waals surface area contributed by atoms with Gasteiger partial charge in [-0.1, -0.05) is 11.2 Å². The molecular formula is C21H26N4O3. The van der Waals surface area contributed by atoms with Gasteiger partial charge < -0.3 is 14.3 Å². The molecule has 1 spiro atoms. The number of aryl methyl sites for hydroxylation is 2. The van der Waals surface area contributed by atoms with E-state index in [2.05, 4.69) is 10.1 Å². The Kier molecular flexibility index (Phi) is 4.91. The van der Waals surface area contributed by atoms with Crippen molar-refractivity contribution in [3.05, 3.63) is 47.1 Å². The molecule has 1 unspecified atom stereocenters. The fourth-order valence-electron chi connectivity index (χ4n) is 4.44. The monoisotopic (exact) mass is 382 g/mol. The minimum absolute atomic E-state index is 0.104. The second kappa shape index (κ2) is 7.37. The van der Waals surface area contributed by atoms with E-state index in [-0.39, 0.29) is 11.8 Å². The highest BCUT2D eigenvalue weighted by Crippen LogP contribution is 2.41. The van der Waals surface area contributed by atoms with E-state index in [0.717, 1.165) is 42.1 Å². The van der Waals surface area contributed by atoms with Crippen LogP contribution in [0.2, 0.25) is 0 Å². The van der Waals surface area contributed by atoms with Crippen LogP contribution in [0.4, 0.5) is 0 Å². The van der Waals surface area contributed by atoms with E-state index >= 15 is 0 Å². The molecule has 1 atom stereocenters. The van der Waals surface area contributed by atoms with E-state index in [1.165, 1.54) is 0 Å². The summed E-state index contributed by atoms with van der Waals surface area (Å²) in [6.45, 7) is 6.24. The lowest BCUT2D eigenvalue weighted by Crippen LogP contribution is -2.38. The second-order valence-electron chi connectivity index (χ2n) is 7.95. The Balaban J connectivity index is 1.35. The molecule has 2 aliphatic rings. The van der Waals surface area contributed by atoms with Crippen LogP contribution in [0.15, 0.2) is 28.9 Å². The highest BCUT2D eigenvalue weighted by Gasteiger charge is 2.51. The second-order valence-corrected chi connectivity index (χ2v) is 7.95. The average molecular weight is 382 g/mol. The van der Waals surface area contributed by atoms with Gasteiger partial charge in [-0.2, -0.15) is 0 Å². The van der Waals surface area contributed by atoms with Crippen molar-refractivity contribution >= 4 is 11.8 Å². The molecule has 0 radical (unpaired) electrons. The number of carbonyl (C=O) groups is 2. The van der Waals surface area contributed by atoms with Crippen LogP contribution in [0.3, 0.4) is 0 Å². The smallest absolute Gasteiger partial charge is 0.231 e. The first-order valence-electron chi connectivity index (χ1n) is 9.87. The standard InChI is InChI=1S/C21H26N4O3/c1-15-18(16(2)28-23-15)6-7-19(26)25-12-9-21(14-25)8-11-24(20(21)27)13-17-5-3-4-10-22-17/h3-5,10H,6-9,11-14H2,1-2H3. The number of amides is 2. The maximum absolute atomic E-state index is 13.1. The quantitative estimate of drug-likeness (QED) is 0.793. The molecule has 2 aromatic rings. The normalized spacial score (nSPS) is 21.9. The van der Waals surface area contributed by atoms with Crippen molar-refractivity contribution in [2.75, 3.05) is 19.6 Å². The summed E-state index contributed by atoms with van der Waals surface area (Å²) in [5, 5.41) is 3.95. The number of nitrogens with zero attached hydrogens (tertiary/aromatic N) is 4. The van der Waals surface area contributed by atoms with Gasteiger partial charge in [-0.15, -0.1) is 0 Å².